The van der Waals surface area contributed by atoms with Gasteiger partial charge in [-0.2, -0.15) is 15.0 Å². The smallest absolute Gasteiger partial charge is 0.320 e. The van der Waals surface area contributed by atoms with E-state index in [0.29, 0.717) is 18.3 Å². The summed E-state index contributed by atoms with van der Waals surface area (Å²) < 4.78 is 0. The number of carboxylic acid groups (broad SMARTS) is 1. The molecular formula is C26H28N6O2. The summed E-state index contributed by atoms with van der Waals surface area (Å²) in [5.74, 6) is -0.0509. The minimum absolute atomic E-state index is 0.0929. The first kappa shape index (κ1) is 23.1. The van der Waals surface area contributed by atoms with E-state index >= 15 is 0 Å². The van der Waals surface area contributed by atoms with Crippen LogP contribution in [0.2, 0.25) is 0 Å². The monoisotopic (exact) mass is 456 g/mol. The van der Waals surface area contributed by atoms with Crippen LogP contribution in [0, 0.1) is 5.41 Å². The first-order chi connectivity index (χ1) is 16.3. The predicted octanol–water partition coefficient (Wildman–Crippen LogP) is 3.54. The van der Waals surface area contributed by atoms with Crippen molar-refractivity contribution in [3.8, 4) is 11.4 Å². The van der Waals surface area contributed by atoms with Crippen molar-refractivity contribution in [3.05, 3.63) is 84.0 Å². The van der Waals surface area contributed by atoms with Gasteiger partial charge < -0.3 is 21.9 Å². The summed E-state index contributed by atoms with van der Waals surface area (Å²) in [6.45, 7) is 2.82. The Bertz CT molecular complexity index is 1220. The number of rotatable bonds is 8. The molecule has 1 aliphatic rings. The van der Waals surface area contributed by atoms with Gasteiger partial charge in [-0.15, -0.1) is 0 Å². The van der Waals surface area contributed by atoms with Crippen molar-refractivity contribution in [1.29, 1.82) is 0 Å². The Morgan fingerprint density at radius 3 is 2.47 bits per heavy atom. The van der Waals surface area contributed by atoms with Gasteiger partial charge in [-0.05, 0) is 29.5 Å². The molecule has 2 unspecified atom stereocenters. The molecule has 0 saturated heterocycles. The zero-order chi connectivity index (χ0) is 24.1. The maximum Gasteiger partial charge on any atom is 0.320 e. The van der Waals surface area contributed by atoms with Crippen LogP contribution in [-0.4, -0.2) is 38.6 Å². The Hall–Kier alpha value is -4.04. The number of anilines is 2. The normalized spacial score (nSPS) is 18.2. The van der Waals surface area contributed by atoms with Gasteiger partial charge in [0.1, 0.15) is 6.04 Å². The third-order valence-corrected chi connectivity index (χ3v) is 5.85. The average Bonchev–Trinajstić information content (AvgIpc) is 2.84. The van der Waals surface area contributed by atoms with Gasteiger partial charge in [0.25, 0.3) is 0 Å². The number of hydrogen-bond donors (Lipinski definition) is 4. The number of carbonyl (C=O) groups is 1. The number of aliphatic carboxylic acids is 1. The number of allylic oxidation sites excluding steroid dienone is 3. The first-order valence-electron chi connectivity index (χ1n) is 11.1. The van der Waals surface area contributed by atoms with E-state index in [1.807, 2.05) is 42.5 Å². The topological polar surface area (TPSA) is 140 Å². The summed E-state index contributed by atoms with van der Waals surface area (Å²) in [6.07, 6.45) is 7.75. The second kappa shape index (κ2) is 9.84. The van der Waals surface area contributed by atoms with E-state index in [-0.39, 0.29) is 17.8 Å². The molecule has 174 valence electrons. The SMILES string of the molecule is CC1(CNc2nc(N)nc(-c3ccc(CC(N)C(=O)O)cc3)n2)C=CC(c2ccccc2)=CC1. The summed E-state index contributed by atoms with van der Waals surface area (Å²) in [6, 6.07) is 16.7. The van der Waals surface area contributed by atoms with Gasteiger partial charge in [0.05, 0.1) is 0 Å². The van der Waals surface area contributed by atoms with Crippen LogP contribution in [0.3, 0.4) is 0 Å². The van der Waals surface area contributed by atoms with Gasteiger partial charge in [0, 0.05) is 17.5 Å². The summed E-state index contributed by atoms with van der Waals surface area (Å²) >= 11 is 0. The number of carboxylic acids is 1. The van der Waals surface area contributed by atoms with Crippen molar-refractivity contribution in [2.45, 2.75) is 25.8 Å². The first-order valence-corrected chi connectivity index (χ1v) is 11.1. The van der Waals surface area contributed by atoms with E-state index in [1.165, 1.54) is 11.1 Å². The Labute approximate surface area is 198 Å². The molecule has 0 spiro atoms. The van der Waals surface area contributed by atoms with Crippen LogP contribution >= 0.6 is 0 Å². The Morgan fingerprint density at radius 2 is 1.82 bits per heavy atom. The van der Waals surface area contributed by atoms with Crippen LogP contribution in [0.25, 0.3) is 17.0 Å². The maximum atomic E-state index is 11.0. The van der Waals surface area contributed by atoms with Crippen LogP contribution < -0.4 is 16.8 Å². The lowest BCUT2D eigenvalue weighted by molar-refractivity contribution is -0.138. The van der Waals surface area contributed by atoms with Crippen LogP contribution in [0.1, 0.15) is 24.5 Å². The summed E-state index contributed by atoms with van der Waals surface area (Å²) in [4.78, 5) is 24.0. The molecule has 1 aromatic heterocycles. The number of aromatic nitrogens is 3. The molecule has 0 amide bonds. The molecule has 8 nitrogen and oxygen atoms in total. The Kier molecular flexibility index (Phi) is 6.70. The van der Waals surface area contributed by atoms with Crippen molar-refractivity contribution >= 4 is 23.4 Å². The number of nitrogens with two attached hydrogens (primary N) is 2. The highest BCUT2D eigenvalue weighted by Gasteiger charge is 2.23. The molecule has 0 fully saturated rings. The summed E-state index contributed by atoms with van der Waals surface area (Å²) in [5.41, 5.74) is 15.5. The maximum absolute atomic E-state index is 11.0. The molecule has 0 radical (unpaired) electrons. The number of nitrogens with zero attached hydrogens (tertiary/aromatic N) is 3. The zero-order valence-electron chi connectivity index (χ0n) is 19.0. The van der Waals surface area contributed by atoms with Crippen molar-refractivity contribution < 1.29 is 9.90 Å². The largest absolute Gasteiger partial charge is 0.480 e. The van der Waals surface area contributed by atoms with Crippen molar-refractivity contribution in [2.24, 2.45) is 11.1 Å². The van der Waals surface area contributed by atoms with Gasteiger partial charge >= 0.3 is 5.97 Å². The third-order valence-electron chi connectivity index (χ3n) is 5.85. The van der Waals surface area contributed by atoms with Gasteiger partial charge in [-0.25, -0.2) is 0 Å². The van der Waals surface area contributed by atoms with E-state index in [1.54, 1.807) is 0 Å². The fourth-order valence-electron chi connectivity index (χ4n) is 3.76. The Balaban J connectivity index is 1.42. The van der Waals surface area contributed by atoms with E-state index in [0.717, 1.165) is 17.5 Å². The minimum Gasteiger partial charge on any atom is -0.480 e. The predicted molar refractivity (Wildman–Crippen MR) is 134 cm³/mol. The molecule has 3 aromatic rings. The minimum atomic E-state index is -1.03. The number of benzene rings is 2. The quantitative estimate of drug-likeness (QED) is 0.403. The Morgan fingerprint density at radius 1 is 1.09 bits per heavy atom. The molecule has 8 heteroatoms. The molecule has 6 N–H and O–H groups in total. The second-order valence-corrected chi connectivity index (χ2v) is 8.76. The van der Waals surface area contributed by atoms with Crippen molar-refractivity contribution in [1.82, 2.24) is 15.0 Å². The highest BCUT2D eigenvalue weighted by Crippen LogP contribution is 2.33. The average molecular weight is 457 g/mol. The molecule has 2 atom stereocenters. The lowest BCUT2D eigenvalue weighted by atomic mass is 9.81. The molecule has 1 aliphatic carbocycles. The summed E-state index contributed by atoms with van der Waals surface area (Å²) in [7, 11) is 0. The van der Waals surface area contributed by atoms with Gasteiger partial charge in [-0.1, -0.05) is 79.7 Å². The van der Waals surface area contributed by atoms with E-state index in [4.69, 9.17) is 16.6 Å². The lowest BCUT2D eigenvalue weighted by Gasteiger charge is -2.28. The van der Waals surface area contributed by atoms with E-state index in [2.05, 4.69) is 57.6 Å². The van der Waals surface area contributed by atoms with Crippen molar-refractivity contribution in [3.63, 3.8) is 0 Å². The van der Waals surface area contributed by atoms with Crippen LogP contribution in [-0.2, 0) is 11.2 Å². The molecule has 34 heavy (non-hydrogen) atoms. The number of nitrogens with one attached hydrogen (secondary N) is 1. The van der Waals surface area contributed by atoms with Gasteiger partial charge in [0.2, 0.25) is 11.9 Å². The summed E-state index contributed by atoms with van der Waals surface area (Å²) in [5, 5.41) is 12.3. The molecule has 1 heterocycles. The molecule has 0 aliphatic heterocycles. The second-order valence-electron chi connectivity index (χ2n) is 8.76. The van der Waals surface area contributed by atoms with Gasteiger partial charge in [-0.3, -0.25) is 4.79 Å². The van der Waals surface area contributed by atoms with E-state index in [9.17, 15) is 4.79 Å². The molecular weight excluding hydrogens is 428 g/mol. The molecule has 0 saturated carbocycles. The number of hydrogen-bond acceptors (Lipinski definition) is 7. The molecule has 0 bridgehead atoms. The fraction of sp³-hybridized carbons (Fsp3) is 0.231. The van der Waals surface area contributed by atoms with E-state index < -0.39 is 12.0 Å². The third kappa shape index (κ3) is 5.65. The van der Waals surface area contributed by atoms with Crippen LogP contribution in [0.4, 0.5) is 11.9 Å². The molecule has 4 rings (SSSR count). The van der Waals surface area contributed by atoms with Crippen LogP contribution in [0.15, 0.2) is 72.8 Å². The van der Waals surface area contributed by atoms with Crippen molar-refractivity contribution in [2.75, 3.05) is 17.6 Å². The number of nitrogen functional groups attached to an aromatic ring is 1. The lowest BCUT2D eigenvalue weighted by Crippen LogP contribution is -2.32. The molecule has 2 aromatic carbocycles. The highest BCUT2D eigenvalue weighted by molar-refractivity contribution is 5.75. The fourth-order valence-corrected chi connectivity index (χ4v) is 3.76. The standard InChI is InChI=1S/C26H28N6O2/c1-26(13-11-19(12-14-26)18-5-3-2-4-6-18)16-29-25-31-22(30-24(28)32-25)20-9-7-17(8-10-20)15-21(27)23(33)34/h2-13,21H,14-16,27H2,1H3,(H,33,34)(H3,28,29,30,31,32). The zero-order valence-corrected chi connectivity index (χ0v) is 19.0. The van der Waals surface area contributed by atoms with Gasteiger partial charge in [0.15, 0.2) is 5.82 Å². The highest BCUT2D eigenvalue weighted by atomic mass is 16.4. The van der Waals surface area contributed by atoms with Crippen LogP contribution in [0.5, 0.6) is 0 Å².